The predicted molar refractivity (Wildman–Crippen MR) is 100 cm³/mol. The molecule has 0 radical (unpaired) electrons. The molecule has 0 aliphatic rings. The number of nitrogens with one attached hydrogen (secondary N) is 2. The van der Waals surface area contributed by atoms with Crippen LogP contribution in [0.2, 0.25) is 0 Å². The molecule has 148 valence electrons. The molecule has 1 heterocycles. The minimum Gasteiger partial charge on any atom is -0.445 e. The Morgan fingerprint density at radius 2 is 1.73 bits per heavy atom. The molecule has 0 aliphatic carbocycles. The lowest BCUT2D eigenvalue weighted by molar-refractivity contribution is -0.120. The van der Waals surface area contributed by atoms with E-state index in [4.69, 9.17) is 9.15 Å². The van der Waals surface area contributed by atoms with Gasteiger partial charge in [0.05, 0.1) is 5.69 Å². The minimum atomic E-state index is -0.544. The molecular formula is C19H33N3O4. The van der Waals surface area contributed by atoms with Crippen molar-refractivity contribution in [2.45, 2.75) is 78.7 Å². The van der Waals surface area contributed by atoms with Crippen LogP contribution < -0.4 is 10.6 Å². The van der Waals surface area contributed by atoms with Crippen LogP contribution in [-0.2, 0) is 21.4 Å². The van der Waals surface area contributed by atoms with Gasteiger partial charge >= 0.3 is 6.09 Å². The Morgan fingerprint density at radius 3 is 2.27 bits per heavy atom. The smallest absolute Gasteiger partial charge is 0.407 e. The Morgan fingerprint density at radius 1 is 1.08 bits per heavy atom. The molecule has 1 rings (SSSR count). The predicted octanol–water partition coefficient (Wildman–Crippen LogP) is 3.24. The van der Waals surface area contributed by atoms with Crippen LogP contribution >= 0.6 is 0 Å². The summed E-state index contributed by atoms with van der Waals surface area (Å²) in [6.07, 6.45) is 1.20. The van der Waals surface area contributed by atoms with Crippen molar-refractivity contribution in [3.63, 3.8) is 0 Å². The summed E-state index contributed by atoms with van der Waals surface area (Å²) < 4.78 is 10.9. The number of rotatable bonds is 7. The van der Waals surface area contributed by atoms with Crippen LogP contribution in [0.5, 0.6) is 0 Å². The molecule has 2 amide bonds. The third-order valence-electron chi connectivity index (χ3n) is 3.46. The highest BCUT2D eigenvalue weighted by Gasteiger charge is 2.22. The first-order chi connectivity index (χ1) is 11.9. The molecule has 7 nitrogen and oxygen atoms in total. The Hall–Kier alpha value is -2.05. The molecule has 7 heteroatoms. The molecule has 2 N–H and O–H groups in total. The molecule has 1 aromatic heterocycles. The van der Waals surface area contributed by atoms with Gasteiger partial charge in [0.25, 0.3) is 0 Å². The zero-order valence-corrected chi connectivity index (χ0v) is 17.1. The number of nitrogens with zero attached hydrogens (tertiary/aromatic N) is 1. The Bertz CT molecular complexity index is 609. The van der Waals surface area contributed by atoms with Gasteiger partial charge in [-0.1, -0.05) is 20.8 Å². The fraction of sp³-hybridized carbons (Fsp3) is 0.737. The fourth-order valence-electron chi connectivity index (χ4n) is 2.14. The van der Waals surface area contributed by atoms with E-state index >= 15 is 0 Å². The van der Waals surface area contributed by atoms with Crippen LogP contribution in [0.25, 0.3) is 0 Å². The van der Waals surface area contributed by atoms with E-state index in [1.54, 1.807) is 20.8 Å². The topological polar surface area (TPSA) is 93.5 Å². The summed E-state index contributed by atoms with van der Waals surface area (Å²) in [5, 5.41) is 5.40. The molecule has 0 fully saturated rings. The summed E-state index contributed by atoms with van der Waals surface area (Å²) in [4.78, 5) is 27.7. The normalized spacial score (nSPS) is 12.0. The molecular weight excluding hydrogens is 334 g/mol. The van der Waals surface area contributed by atoms with Gasteiger partial charge in [-0.2, -0.15) is 0 Å². The van der Waals surface area contributed by atoms with Crippen LogP contribution in [0.3, 0.4) is 0 Å². The number of aromatic nitrogens is 1. The number of aryl methyl sites for hydroxylation is 2. The molecule has 0 saturated heterocycles. The SMILES string of the molecule is Cc1nc(C(C)(C)C)oc1CCCNC(=O)CCNC(=O)OC(C)(C)C. The summed E-state index contributed by atoms with van der Waals surface area (Å²) in [7, 11) is 0. The van der Waals surface area contributed by atoms with Crippen molar-refractivity contribution >= 4 is 12.0 Å². The lowest BCUT2D eigenvalue weighted by Gasteiger charge is -2.19. The zero-order valence-electron chi connectivity index (χ0n) is 17.1. The van der Waals surface area contributed by atoms with Crippen molar-refractivity contribution in [3.8, 4) is 0 Å². The van der Waals surface area contributed by atoms with Crippen molar-refractivity contribution in [1.82, 2.24) is 15.6 Å². The third-order valence-corrected chi connectivity index (χ3v) is 3.46. The molecule has 26 heavy (non-hydrogen) atoms. The van der Waals surface area contributed by atoms with Crippen molar-refractivity contribution in [1.29, 1.82) is 0 Å². The monoisotopic (exact) mass is 367 g/mol. The highest BCUT2D eigenvalue weighted by Crippen LogP contribution is 2.24. The quantitative estimate of drug-likeness (QED) is 0.722. The van der Waals surface area contributed by atoms with Crippen LogP contribution in [0.15, 0.2) is 4.42 Å². The second kappa shape index (κ2) is 9.05. The highest BCUT2D eigenvalue weighted by atomic mass is 16.6. The van der Waals surface area contributed by atoms with Crippen molar-refractivity contribution in [2.75, 3.05) is 13.1 Å². The molecule has 0 aliphatic heterocycles. The number of alkyl carbamates (subject to hydrolysis) is 1. The largest absolute Gasteiger partial charge is 0.445 e. The van der Waals surface area contributed by atoms with E-state index in [1.807, 2.05) is 6.92 Å². The van der Waals surface area contributed by atoms with Crippen LogP contribution in [-0.4, -0.2) is 35.7 Å². The first-order valence-electron chi connectivity index (χ1n) is 9.09. The summed E-state index contributed by atoms with van der Waals surface area (Å²) >= 11 is 0. The lowest BCUT2D eigenvalue weighted by atomic mass is 9.97. The van der Waals surface area contributed by atoms with Gasteiger partial charge < -0.3 is 19.8 Å². The molecule has 0 aromatic carbocycles. The molecule has 0 unspecified atom stereocenters. The average molecular weight is 367 g/mol. The van der Waals surface area contributed by atoms with E-state index in [-0.39, 0.29) is 24.3 Å². The highest BCUT2D eigenvalue weighted by molar-refractivity contribution is 5.76. The van der Waals surface area contributed by atoms with Gasteiger partial charge in [0.2, 0.25) is 5.91 Å². The maximum atomic E-state index is 11.8. The molecule has 0 atom stereocenters. The number of amides is 2. The number of oxazole rings is 1. The zero-order chi connectivity index (χ0) is 20.0. The van der Waals surface area contributed by atoms with Gasteiger partial charge in [0.15, 0.2) is 5.89 Å². The van der Waals surface area contributed by atoms with E-state index in [9.17, 15) is 9.59 Å². The van der Waals surface area contributed by atoms with E-state index < -0.39 is 11.7 Å². The van der Waals surface area contributed by atoms with Gasteiger partial charge in [0.1, 0.15) is 11.4 Å². The summed E-state index contributed by atoms with van der Waals surface area (Å²) in [6.45, 7) is 14.3. The van der Waals surface area contributed by atoms with Crippen LogP contribution in [0, 0.1) is 6.92 Å². The fourth-order valence-corrected chi connectivity index (χ4v) is 2.14. The standard InChI is InChI=1S/C19H33N3O4/c1-13-14(25-16(22-13)18(2,3)4)9-8-11-20-15(23)10-12-21-17(24)26-19(5,6)7/h8-12H2,1-7H3,(H,20,23)(H,21,24). The third kappa shape index (κ3) is 8.36. The Kier molecular flexibility index (Phi) is 7.66. The average Bonchev–Trinajstić information content (AvgIpc) is 2.83. The molecule has 1 aromatic rings. The molecule has 0 saturated carbocycles. The molecule has 0 bridgehead atoms. The van der Waals surface area contributed by atoms with Crippen molar-refractivity contribution in [3.05, 3.63) is 17.3 Å². The van der Waals surface area contributed by atoms with Crippen LogP contribution in [0.1, 0.15) is 71.7 Å². The van der Waals surface area contributed by atoms with E-state index in [2.05, 4.69) is 36.4 Å². The Balaban J connectivity index is 2.23. The summed E-state index contributed by atoms with van der Waals surface area (Å²) in [6, 6.07) is 0. The number of carbonyl (C=O) groups is 2. The van der Waals surface area contributed by atoms with Gasteiger partial charge in [-0.15, -0.1) is 0 Å². The number of ether oxygens (including phenoxy) is 1. The van der Waals surface area contributed by atoms with Crippen LogP contribution in [0.4, 0.5) is 4.79 Å². The summed E-state index contributed by atoms with van der Waals surface area (Å²) in [5.74, 6) is 1.50. The second-order valence-electron chi connectivity index (χ2n) is 8.41. The minimum absolute atomic E-state index is 0.106. The van der Waals surface area contributed by atoms with Crippen molar-refractivity contribution in [2.24, 2.45) is 0 Å². The number of carbonyl (C=O) groups excluding carboxylic acids is 2. The van der Waals surface area contributed by atoms with Gasteiger partial charge in [-0.25, -0.2) is 9.78 Å². The van der Waals surface area contributed by atoms with Crippen molar-refractivity contribution < 1.29 is 18.7 Å². The van der Waals surface area contributed by atoms with E-state index in [0.29, 0.717) is 6.54 Å². The Labute approximate surface area is 156 Å². The van der Waals surface area contributed by atoms with E-state index in [1.165, 1.54) is 0 Å². The maximum absolute atomic E-state index is 11.8. The first-order valence-corrected chi connectivity index (χ1v) is 9.09. The second-order valence-corrected chi connectivity index (χ2v) is 8.41. The van der Waals surface area contributed by atoms with Gasteiger partial charge in [-0.05, 0) is 34.1 Å². The molecule has 0 spiro atoms. The lowest BCUT2D eigenvalue weighted by Crippen LogP contribution is -2.35. The maximum Gasteiger partial charge on any atom is 0.407 e. The number of hydrogen-bond donors (Lipinski definition) is 2. The summed E-state index contributed by atoms with van der Waals surface area (Å²) in [5.41, 5.74) is 0.249. The van der Waals surface area contributed by atoms with Gasteiger partial charge in [0, 0.05) is 31.3 Å². The van der Waals surface area contributed by atoms with Gasteiger partial charge in [-0.3, -0.25) is 4.79 Å². The van der Waals surface area contributed by atoms with E-state index in [0.717, 1.165) is 30.2 Å². The first kappa shape index (κ1) is 22.0. The number of hydrogen-bond acceptors (Lipinski definition) is 5.